The maximum Gasteiger partial charge on any atom is 0.250 e. The SMILES string of the molecule is CC(C)(C)c1nnc(-c2cc3c(cc2F)S(=O)(=O)CC(N)C(=O)N3Cc2ccc(Cl)cc2)o1. The molecule has 1 amide bonds. The molecular formula is C22H22ClFN4O4S. The van der Waals surface area contributed by atoms with Crippen LogP contribution in [0.5, 0.6) is 0 Å². The van der Waals surface area contributed by atoms with Crippen LogP contribution in [0.25, 0.3) is 11.5 Å². The lowest BCUT2D eigenvalue weighted by atomic mass is 9.97. The summed E-state index contributed by atoms with van der Waals surface area (Å²) in [6.45, 7) is 5.59. The predicted molar refractivity (Wildman–Crippen MR) is 121 cm³/mol. The molecule has 0 fully saturated rings. The molecule has 0 aliphatic carbocycles. The van der Waals surface area contributed by atoms with Crippen molar-refractivity contribution in [2.75, 3.05) is 10.7 Å². The molecule has 0 spiro atoms. The van der Waals surface area contributed by atoms with E-state index in [2.05, 4.69) is 10.2 Å². The van der Waals surface area contributed by atoms with Crippen LogP contribution in [0.2, 0.25) is 5.02 Å². The number of rotatable bonds is 3. The smallest absolute Gasteiger partial charge is 0.250 e. The highest BCUT2D eigenvalue weighted by molar-refractivity contribution is 7.91. The Morgan fingerprint density at radius 1 is 1.21 bits per heavy atom. The lowest BCUT2D eigenvalue weighted by molar-refractivity contribution is -0.119. The van der Waals surface area contributed by atoms with Gasteiger partial charge < -0.3 is 15.1 Å². The number of carbonyl (C=O) groups excluding carboxylic acids is 1. The van der Waals surface area contributed by atoms with Gasteiger partial charge in [0, 0.05) is 10.4 Å². The fraction of sp³-hybridized carbons (Fsp3) is 0.318. The molecule has 1 atom stereocenters. The first-order chi connectivity index (χ1) is 15.4. The molecule has 8 nitrogen and oxygen atoms in total. The Hall–Kier alpha value is -2.82. The average Bonchev–Trinajstić information content (AvgIpc) is 3.21. The quantitative estimate of drug-likeness (QED) is 0.594. The van der Waals surface area contributed by atoms with E-state index in [1.54, 1.807) is 24.3 Å². The van der Waals surface area contributed by atoms with E-state index >= 15 is 4.39 Å². The maximum atomic E-state index is 15.1. The van der Waals surface area contributed by atoms with Crippen molar-refractivity contribution < 1.29 is 22.0 Å². The minimum absolute atomic E-state index is 0.00481. The molecule has 1 unspecified atom stereocenters. The van der Waals surface area contributed by atoms with Gasteiger partial charge in [0.2, 0.25) is 11.8 Å². The van der Waals surface area contributed by atoms with Crippen LogP contribution in [0.15, 0.2) is 45.7 Å². The zero-order valence-electron chi connectivity index (χ0n) is 18.2. The van der Waals surface area contributed by atoms with Crippen LogP contribution in [0.4, 0.5) is 10.1 Å². The first-order valence-corrected chi connectivity index (χ1v) is 12.1. The summed E-state index contributed by atoms with van der Waals surface area (Å²) < 4.78 is 46.6. The molecule has 3 aromatic rings. The molecule has 2 aromatic carbocycles. The lowest BCUT2D eigenvalue weighted by Crippen LogP contribution is -2.45. The molecule has 11 heteroatoms. The number of halogens is 2. The third-order valence-corrected chi connectivity index (χ3v) is 7.25. The first kappa shape index (κ1) is 23.3. The first-order valence-electron chi connectivity index (χ1n) is 10.1. The molecule has 0 saturated carbocycles. The highest BCUT2D eigenvalue weighted by Gasteiger charge is 2.37. The minimum Gasteiger partial charge on any atom is -0.420 e. The van der Waals surface area contributed by atoms with Crippen LogP contribution < -0.4 is 10.6 Å². The number of carbonyl (C=O) groups is 1. The van der Waals surface area contributed by atoms with Crippen molar-refractivity contribution >= 4 is 33.0 Å². The van der Waals surface area contributed by atoms with Crippen molar-refractivity contribution in [2.45, 2.75) is 43.7 Å². The fourth-order valence-corrected chi connectivity index (χ4v) is 5.15. The average molecular weight is 493 g/mol. The van der Waals surface area contributed by atoms with E-state index in [9.17, 15) is 13.2 Å². The molecule has 0 saturated heterocycles. The fourth-order valence-electron chi connectivity index (χ4n) is 3.45. The van der Waals surface area contributed by atoms with Crippen LogP contribution in [0, 0.1) is 5.82 Å². The second-order valence-corrected chi connectivity index (χ2v) is 11.3. The van der Waals surface area contributed by atoms with Gasteiger partial charge in [-0.3, -0.25) is 4.79 Å². The minimum atomic E-state index is -4.05. The predicted octanol–water partition coefficient (Wildman–Crippen LogP) is 3.47. The summed E-state index contributed by atoms with van der Waals surface area (Å²) in [5.74, 6) is -1.94. The van der Waals surface area contributed by atoms with Gasteiger partial charge in [-0.25, -0.2) is 12.8 Å². The number of nitrogens with zero attached hydrogens (tertiary/aromatic N) is 3. The summed E-state index contributed by atoms with van der Waals surface area (Å²) in [6.07, 6.45) is 0. The largest absolute Gasteiger partial charge is 0.420 e. The molecule has 33 heavy (non-hydrogen) atoms. The second kappa shape index (κ2) is 8.19. The summed E-state index contributed by atoms with van der Waals surface area (Å²) in [5, 5.41) is 8.41. The number of nitrogens with two attached hydrogens (primary N) is 1. The number of hydrogen-bond acceptors (Lipinski definition) is 7. The molecule has 0 radical (unpaired) electrons. The van der Waals surface area contributed by atoms with Crippen molar-refractivity contribution in [1.82, 2.24) is 10.2 Å². The van der Waals surface area contributed by atoms with Gasteiger partial charge in [0.15, 0.2) is 9.84 Å². The van der Waals surface area contributed by atoms with E-state index < -0.39 is 38.8 Å². The number of sulfone groups is 1. The Morgan fingerprint density at radius 3 is 2.48 bits per heavy atom. The summed E-state index contributed by atoms with van der Waals surface area (Å²) in [4.78, 5) is 14.0. The standard InChI is InChI=1S/C22H22ClFN4O4S/c1-22(2,3)21-27-26-19(32-21)14-8-17-18(9-15(14)24)33(30,31)11-16(25)20(29)28(17)10-12-4-6-13(23)7-5-12/h4-9,16H,10-11,25H2,1-3H3. The number of aromatic nitrogens is 2. The molecule has 2 heterocycles. The molecule has 4 rings (SSSR count). The zero-order chi connectivity index (χ0) is 24.1. The number of fused-ring (bicyclic) bond motifs is 1. The van der Waals surface area contributed by atoms with Gasteiger partial charge in [0.1, 0.15) is 5.82 Å². The molecule has 1 aliphatic rings. The normalized spacial score (nSPS) is 18.2. The number of amides is 1. The van der Waals surface area contributed by atoms with E-state index in [0.717, 1.165) is 6.07 Å². The Balaban J connectivity index is 1.89. The van der Waals surface area contributed by atoms with Gasteiger partial charge >= 0.3 is 0 Å². The third-order valence-electron chi connectivity index (χ3n) is 5.21. The second-order valence-electron chi connectivity index (χ2n) is 8.90. The molecule has 1 aliphatic heterocycles. The van der Waals surface area contributed by atoms with Crippen LogP contribution in [0.1, 0.15) is 32.2 Å². The summed E-state index contributed by atoms with van der Waals surface area (Å²) in [7, 11) is -4.05. The number of benzene rings is 2. The van der Waals surface area contributed by atoms with Gasteiger partial charge in [-0.2, -0.15) is 0 Å². The van der Waals surface area contributed by atoms with Gasteiger partial charge in [-0.15, -0.1) is 10.2 Å². The highest BCUT2D eigenvalue weighted by atomic mass is 35.5. The Labute approximate surface area is 195 Å². The molecule has 1 aromatic heterocycles. The van der Waals surface area contributed by atoms with Crippen LogP contribution in [-0.4, -0.2) is 36.3 Å². The Kier molecular flexibility index (Phi) is 5.80. The van der Waals surface area contributed by atoms with Gasteiger partial charge in [0.25, 0.3) is 5.89 Å². The van der Waals surface area contributed by atoms with Gasteiger partial charge in [-0.05, 0) is 29.8 Å². The monoisotopic (exact) mass is 492 g/mol. The third kappa shape index (κ3) is 4.50. The van der Waals surface area contributed by atoms with Gasteiger partial charge in [-0.1, -0.05) is 44.5 Å². The zero-order valence-corrected chi connectivity index (χ0v) is 19.7. The molecule has 174 valence electrons. The number of anilines is 1. The number of hydrogen-bond donors (Lipinski definition) is 1. The molecule has 0 bridgehead atoms. The molecular weight excluding hydrogens is 471 g/mol. The lowest BCUT2D eigenvalue weighted by Gasteiger charge is -2.24. The van der Waals surface area contributed by atoms with Crippen molar-refractivity contribution in [2.24, 2.45) is 5.73 Å². The highest BCUT2D eigenvalue weighted by Crippen LogP contribution is 2.37. The summed E-state index contributed by atoms with van der Waals surface area (Å²) in [6, 6.07) is 7.53. The van der Waals surface area contributed by atoms with E-state index in [0.29, 0.717) is 10.6 Å². The maximum absolute atomic E-state index is 15.1. The van der Waals surface area contributed by atoms with Crippen LogP contribution in [-0.2, 0) is 26.6 Å². The van der Waals surface area contributed by atoms with Gasteiger partial charge in [0.05, 0.1) is 34.5 Å². The summed E-state index contributed by atoms with van der Waals surface area (Å²) in [5.41, 5.74) is 6.01. The Morgan fingerprint density at radius 2 is 1.88 bits per heavy atom. The van der Waals surface area contributed by atoms with Crippen LogP contribution in [0.3, 0.4) is 0 Å². The van der Waals surface area contributed by atoms with E-state index in [1.165, 1.54) is 11.0 Å². The topological polar surface area (TPSA) is 119 Å². The van der Waals surface area contributed by atoms with E-state index in [1.807, 2.05) is 20.8 Å². The van der Waals surface area contributed by atoms with Crippen molar-refractivity contribution in [3.63, 3.8) is 0 Å². The van der Waals surface area contributed by atoms with E-state index in [-0.39, 0.29) is 34.5 Å². The van der Waals surface area contributed by atoms with Crippen molar-refractivity contribution in [3.05, 3.63) is 58.7 Å². The van der Waals surface area contributed by atoms with E-state index in [4.69, 9.17) is 21.8 Å². The molecule has 2 N–H and O–H groups in total. The van der Waals surface area contributed by atoms with Crippen LogP contribution >= 0.6 is 11.6 Å². The summed E-state index contributed by atoms with van der Waals surface area (Å²) >= 11 is 5.95. The Bertz CT molecular complexity index is 1330. The van der Waals surface area contributed by atoms with Crippen molar-refractivity contribution in [3.8, 4) is 11.5 Å². The van der Waals surface area contributed by atoms with Crippen molar-refractivity contribution in [1.29, 1.82) is 0 Å².